The fourth-order valence-corrected chi connectivity index (χ4v) is 3.28. The summed E-state index contributed by atoms with van der Waals surface area (Å²) in [4.78, 5) is 12.2. The van der Waals surface area contributed by atoms with Crippen LogP contribution in [0.15, 0.2) is 54.6 Å². The van der Waals surface area contributed by atoms with Gasteiger partial charge in [0.15, 0.2) is 11.5 Å². The van der Waals surface area contributed by atoms with E-state index in [-0.39, 0.29) is 19.1 Å². The molecule has 0 atom stereocenters. The van der Waals surface area contributed by atoms with Gasteiger partial charge in [0.05, 0.1) is 36.9 Å². The topological polar surface area (TPSA) is 99.9 Å². The minimum absolute atomic E-state index is 0.220. The summed E-state index contributed by atoms with van der Waals surface area (Å²) in [5.74, 6) is 1.83. The van der Waals surface area contributed by atoms with Crippen LogP contribution in [0.2, 0.25) is 5.02 Å². The fourth-order valence-electron chi connectivity index (χ4n) is 3.06. The molecule has 2 aromatic heterocycles. The van der Waals surface area contributed by atoms with Gasteiger partial charge < -0.3 is 19.5 Å². The van der Waals surface area contributed by atoms with E-state index < -0.39 is 0 Å². The zero-order valence-corrected chi connectivity index (χ0v) is 18.2. The standard InChI is InChI=1S/C22H20ClN5O4/c1-30-14-7-8-16(18(13-14)31-2)21-26-25-19-9-10-20(27-28(19)21)32-12-11-24-22(29)15-5-3-4-6-17(15)23/h3-10,13H,11-12H2,1-2H3,(H,24,29). The number of amides is 1. The van der Waals surface area contributed by atoms with Crippen LogP contribution in [0.5, 0.6) is 17.4 Å². The van der Waals surface area contributed by atoms with E-state index in [9.17, 15) is 4.79 Å². The van der Waals surface area contributed by atoms with Gasteiger partial charge in [0.2, 0.25) is 5.88 Å². The van der Waals surface area contributed by atoms with Gasteiger partial charge in [0.1, 0.15) is 18.1 Å². The van der Waals surface area contributed by atoms with Gasteiger partial charge in [-0.05, 0) is 30.3 Å². The summed E-state index contributed by atoms with van der Waals surface area (Å²) < 4.78 is 18.0. The number of nitrogens with one attached hydrogen (secondary N) is 1. The molecule has 0 aliphatic carbocycles. The number of methoxy groups -OCH3 is 2. The number of rotatable bonds is 8. The summed E-state index contributed by atoms with van der Waals surface area (Å²) in [6.45, 7) is 0.503. The van der Waals surface area contributed by atoms with Gasteiger partial charge in [-0.1, -0.05) is 23.7 Å². The molecule has 0 unspecified atom stereocenters. The molecule has 0 saturated carbocycles. The molecule has 2 heterocycles. The zero-order chi connectivity index (χ0) is 22.5. The predicted octanol–water partition coefficient (Wildman–Crippen LogP) is 3.27. The van der Waals surface area contributed by atoms with Gasteiger partial charge in [-0.3, -0.25) is 4.79 Å². The largest absolute Gasteiger partial charge is 0.497 e. The molecular formula is C22H20ClN5O4. The predicted molar refractivity (Wildman–Crippen MR) is 119 cm³/mol. The molecule has 2 aromatic carbocycles. The number of nitrogens with zero attached hydrogens (tertiary/aromatic N) is 4. The number of hydrogen-bond acceptors (Lipinski definition) is 7. The first-order chi connectivity index (χ1) is 15.6. The van der Waals surface area contributed by atoms with E-state index in [2.05, 4.69) is 20.6 Å². The van der Waals surface area contributed by atoms with Crippen LogP contribution in [0.25, 0.3) is 17.0 Å². The van der Waals surface area contributed by atoms with Crippen LogP contribution in [0, 0.1) is 0 Å². The Bertz CT molecular complexity index is 1260. The highest BCUT2D eigenvalue weighted by atomic mass is 35.5. The second-order valence-electron chi connectivity index (χ2n) is 6.62. The molecule has 1 N–H and O–H groups in total. The number of carbonyl (C=O) groups is 1. The molecule has 9 nitrogen and oxygen atoms in total. The lowest BCUT2D eigenvalue weighted by atomic mass is 10.2. The van der Waals surface area contributed by atoms with Crippen molar-refractivity contribution >= 4 is 23.2 Å². The summed E-state index contributed by atoms with van der Waals surface area (Å²) in [6.07, 6.45) is 0. The molecule has 0 aliphatic heterocycles. The first-order valence-electron chi connectivity index (χ1n) is 9.71. The van der Waals surface area contributed by atoms with Crippen LogP contribution in [-0.2, 0) is 0 Å². The second kappa shape index (κ2) is 9.52. The molecule has 0 fully saturated rings. The van der Waals surface area contributed by atoms with Crippen molar-refractivity contribution in [2.75, 3.05) is 27.4 Å². The highest BCUT2D eigenvalue weighted by molar-refractivity contribution is 6.33. The van der Waals surface area contributed by atoms with Crippen LogP contribution in [-0.4, -0.2) is 53.1 Å². The Labute approximate surface area is 188 Å². The number of fused-ring (bicyclic) bond motifs is 1. The van der Waals surface area contributed by atoms with Crippen molar-refractivity contribution in [3.05, 3.63) is 65.2 Å². The van der Waals surface area contributed by atoms with Crippen molar-refractivity contribution in [3.63, 3.8) is 0 Å². The third-order valence-corrected chi connectivity index (χ3v) is 4.97. The van der Waals surface area contributed by atoms with E-state index in [1.54, 1.807) is 67.3 Å². The van der Waals surface area contributed by atoms with Crippen molar-refractivity contribution in [1.82, 2.24) is 25.1 Å². The number of ether oxygens (including phenoxy) is 3. The molecule has 1 amide bonds. The Morgan fingerprint density at radius 2 is 1.91 bits per heavy atom. The zero-order valence-electron chi connectivity index (χ0n) is 17.4. The smallest absolute Gasteiger partial charge is 0.252 e. The maximum Gasteiger partial charge on any atom is 0.252 e. The Kier molecular flexibility index (Phi) is 6.37. The Balaban J connectivity index is 1.46. The monoisotopic (exact) mass is 453 g/mol. The molecule has 10 heteroatoms. The number of benzene rings is 2. The second-order valence-corrected chi connectivity index (χ2v) is 7.02. The third-order valence-electron chi connectivity index (χ3n) is 4.64. The number of aromatic nitrogens is 4. The molecule has 0 spiro atoms. The molecule has 0 radical (unpaired) electrons. The highest BCUT2D eigenvalue weighted by Crippen LogP contribution is 2.32. The van der Waals surface area contributed by atoms with Crippen LogP contribution >= 0.6 is 11.6 Å². The van der Waals surface area contributed by atoms with Crippen molar-refractivity contribution in [2.45, 2.75) is 0 Å². The van der Waals surface area contributed by atoms with E-state index in [0.717, 1.165) is 0 Å². The van der Waals surface area contributed by atoms with Gasteiger partial charge in [-0.15, -0.1) is 15.3 Å². The number of halogens is 1. The lowest BCUT2D eigenvalue weighted by Gasteiger charge is -2.10. The van der Waals surface area contributed by atoms with Gasteiger partial charge in [0, 0.05) is 12.1 Å². The fraction of sp³-hybridized carbons (Fsp3) is 0.182. The number of hydrogen-bond donors (Lipinski definition) is 1. The third kappa shape index (κ3) is 4.42. The normalized spacial score (nSPS) is 10.7. The minimum atomic E-state index is -0.268. The van der Waals surface area contributed by atoms with Gasteiger partial charge in [0.25, 0.3) is 5.91 Å². The molecule has 0 saturated heterocycles. The first-order valence-corrected chi connectivity index (χ1v) is 10.1. The molecule has 4 aromatic rings. The lowest BCUT2D eigenvalue weighted by Crippen LogP contribution is -2.28. The van der Waals surface area contributed by atoms with Crippen LogP contribution in [0.3, 0.4) is 0 Å². The van der Waals surface area contributed by atoms with Crippen molar-refractivity contribution in [1.29, 1.82) is 0 Å². The van der Waals surface area contributed by atoms with Crippen molar-refractivity contribution < 1.29 is 19.0 Å². The molecule has 0 aliphatic rings. The quantitative estimate of drug-likeness (QED) is 0.409. The Hall–Kier alpha value is -3.85. The first kappa shape index (κ1) is 21.4. The van der Waals surface area contributed by atoms with Crippen LogP contribution in [0.1, 0.15) is 10.4 Å². The maximum absolute atomic E-state index is 12.2. The number of carbonyl (C=O) groups excluding carboxylic acids is 1. The van der Waals surface area contributed by atoms with Gasteiger partial charge in [-0.2, -0.15) is 4.52 Å². The van der Waals surface area contributed by atoms with E-state index in [1.807, 2.05) is 6.07 Å². The summed E-state index contributed by atoms with van der Waals surface area (Å²) in [5.41, 5.74) is 1.67. The average molecular weight is 454 g/mol. The molecule has 0 bridgehead atoms. The average Bonchev–Trinajstić information content (AvgIpc) is 3.24. The Morgan fingerprint density at radius 3 is 2.69 bits per heavy atom. The van der Waals surface area contributed by atoms with Gasteiger partial charge in [-0.25, -0.2) is 0 Å². The summed E-state index contributed by atoms with van der Waals surface area (Å²) >= 11 is 6.04. The van der Waals surface area contributed by atoms with Crippen LogP contribution < -0.4 is 19.5 Å². The summed E-state index contributed by atoms with van der Waals surface area (Å²) in [5, 5.41) is 16.0. The van der Waals surface area contributed by atoms with Crippen molar-refractivity contribution in [3.8, 4) is 28.8 Å². The van der Waals surface area contributed by atoms with Crippen molar-refractivity contribution in [2.24, 2.45) is 0 Å². The van der Waals surface area contributed by atoms with Crippen LogP contribution in [0.4, 0.5) is 0 Å². The highest BCUT2D eigenvalue weighted by Gasteiger charge is 2.16. The molecule has 32 heavy (non-hydrogen) atoms. The van der Waals surface area contributed by atoms with Gasteiger partial charge >= 0.3 is 0 Å². The SMILES string of the molecule is COc1ccc(-c2nnc3ccc(OCCNC(=O)c4ccccc4Cl)nn23)c(OC)c1. The van der Waals surface area contributed by atoms with E-state index in [4.69, 9.17) is 25.8 Å². The maximum atomic E-state index is 12.2. The van der Waals surface area contributed by atoms with E-state index in [0.29, 0.717) is 45.0 Å². The lowest BCUT2D eigenvalue weighted by molar-refractivity contribution is 0.0946. The Morgan fingerprint density at radius 1 is 1.06 bits per heavy atom. The van der Waals surface area contributed by atoms with E-state index >= 15 is 0 Å². The van der Waals surface area contributed by atoms with E-state index in [1.165, 1.54) is 0 Å². The summed E-state index contributed by atoms with van der Waals surface area (Å²) in [6, 6.07) is 15.7. The molecular weight excluding hydrogens is 434 g/mol. The molecule has 164 valence electrons. The summed E-state index contributed by atoms with van der Waals surface area (Å²) in [7, 11) is 3.16. The minimum Gasteiger partial charge on any atom is -0.497 e. The molecule has 4 rings (SSSR count).